The standard InChI is InChI=1S/C25H23F3N2O5/c26-25(27,28)14-30(12-22(31)32)23(33)15-9-10-16(11-15)29-24(34)35-13-21-19-7-3-1-5-17(19)18-6-2-4-8-20(18)21/h1-10,15-16,21H,11-14H2,(H,29,34)(H,31,32). The van der Waals surface area contributed by atoms with Crippen molar-refractivity contribution >= 4 is 18.0 Å². The Bertz CT molecular complexity index is 1120. The van der Waals surface area contributed by atoms with Gasteiger partial charge in [-0.15, -0.1) is 0 Å². The molecule has 0 bridgehead atoms. The predicted octanol–water partition coefficient (Wildman–Crippen LogP) is 3.95. The number of amides is 2. The fourth-order valence-corrected chi connectivity index (χ4v) is 4.61. The fraction of sp³-hybridized carbons (Fsp3) is 0.320. The molecule has 2 aromatic carbocycles. The lowest BCUT2D eigenvalue weighted by Gasteiger charge is -2.25. The number of nitrogens with zero attached hydrogens (tertiary/aromatic N) is 1. The highest BCUT2D eigenvalue weighted by atomic mass is 19.4. The van der Waals surface area contributed by atoms with E-state index in [1.54, 1.807) is 0 Å². The lowest BCUT2D eigenvalue weighted by atomic mass is 9.98. The van der Waals surface area contributed by atoms with Crippen LogP contribution in [-0.4, -0.2) is 59.9 Å². The summed E-state index contributed by atoms with van der Waals surface area (Å²) in [7, 11) is 0. The van der Waals surface area contributed by atoms with E-state index in [0.717, 1.165) is 22.3 Å². The molecule has 2 amide bonds. The third-order valence-corrected chi connectivity index (χ3v) is 6.06. The first-order valence-electron chi connectivity index (χ1n) is 11.0. The van der Waals surface area contributed by atoms with Gasteiger partial charge in [0.2, 0.25) is 5.91 Å². The Labute approximate surface area is 199 Å². The molecular weight excluding hydrogens is 465 g/mol. The van der Waals surface area contributed by atoms with Gasteiger partial charge in [-0.2, -0.15) is 13.2 Å². The number of hydrogen-bond donors (Lipinski definition) is 2. The molecule has 4 rings (SSSR count). The molecule has 0 saturated carbocycles. The molecule has 184 valence electrons. The van der Waals surface area contributed by atoms with Crippen molar-refractivity contribution in [2.45, 2.75) is 24.6 Å². The number of halogens is 3. The number of carboxylic acids is 1. The van der Waals surface area contributed by atoms with E-state index < -0.39 is 49.2 Å². The summed E-state index contributed by atoms with van der Waals surface area (Å²) in [4.78, 5) is 36.1. The van der Waals surface area contributed by atoms with Gasteiger partial charge < -0.3 is 20.1 Å². The Balaban J connectivity index is 1.33. The van der Waals surface area contributed by atoms with Crippen LogP contribution in [0.4, 0.5) is 18.0 Å². The smallest absolute Gasteiger partial charge is 0.407 e. The van der Waals surface area contributed by atoms with Crippen LogP contribution in [0.5, 0.6) is 0 Å². The van der Waals surface area contributed by atoms with Crippen molar-refractivity contribution in [3.05, 3.63) is 71.8 Å². The first-order valence-corrected chi connectivity index (χ1v) is 11.0. The van der Waals surface area contributed by atoms with Gasteiger partial charge in [-0.25, -0.2) is 4.79 Å². The summed E-state index contributed by atoms with van der Waals surface area (Å²) in [5, 5.41) is 11.5. The van der Waals surface area contributed by atoms with Crippen molar-refractivity contribution in [2.24, 2.45) is 5.92 Å². The molecule has 10 heteroatoms. The van der Waals surface area contributed by atoms with Gasteiger partial charge in [0.15, 0.2) is 0 Å². The quantitative estimate of drug-likeness (QED) is 0.576. The Kier molecular flexibility index (Phi) is 6.81. The summed E-state index contributed by atoms with van der Waals surface area (Å²) in [6.07, 6.45) is -2.56. The van der Waals surface area contributed by atoms with Gasteiger partial charge in [0.05, 0.1) is 12.0 Å². The monoisotopic (exact) mass is 488 g/mol. The molecular formula is C25H23F3N2O5. The first kappa shape index (κ1) is 24.3. The van der Waals surface area contributed by atoms with E-state index in [9.17, 15) is 27.6 Å². The van der Waals surface area contributed by atoms with Crippen LogP contribution in [0.15, 0.2) is 60.7 Å². The van der Waals surface area contributed by atoms with Crippen molar-refractivity contribution in [1.29, 1.82) is 0 Å². The van der Waals surface area contributed by atoms with Crippen molar-refractivity contribution in [3.8, 4) is 11.1 Å². The number of benzene rings is 2. The number of nitrogens with one attached hydrogen (secondary N) is 1. The highest BCUT2D eigenvalue weighted by molar-refractivity contribution is 5.85. The van der Waals surface area contributed by atoms with Crippen molar-refractivity contribution in [1.82, 2.24) is 10.2 Å². The summed E-state index contributed by atoms with van der Waals surface area (Å²) >= 11 is 0. The molecule has 2 aliphatic carbocycles. The molecule has 0 spiro atoms. The average Bonchev–Trinajstić information content (AvgIpc) is 3.38. The van der Waals surface area contributed by atoms with Crippen LogP contribution < -0.4 is 5.32 Å². The van der Waals surface area contributed by atoms with E-state index in [1.807, 2.05) is 48.5 Å². The van der Waals surface area contributed by atoms with E-state index in [4.69, 9.17) is 9.84 Å². The number of fused-ring (bicyclic) bond motifs is 3. The molecule has 0 aliphatic heterocycles. The van der Waals surface area contributed by atoms with E-state index in [-0.39, 0.29) is 23.8 Å². The normalized spacial score (nSPS) is 18.6. The van der Waals surface area contributed by atoms with E-state index in [0.29, 0.717) is 0 Å². The number of aliphatic carboxylic acids is 1. The number of carbonyl (C=O) groups is 3. The summed E-state index contributed by atoms with van der Waals surface area (Å²) in [5.41, 5.74) is 4.27. The summed E-state index contributed by atoms with van der Waals surface area (Å²) in [6, 6.07) is 15.1. The maximum atomic E-state index is 12.8. The summed E-state index contributed by atoms with van der Waals surface area (Å²) in [6.45, 7) is -2.63. The number of carboxylic acid groups (broad SMARTS) is 1. The van der Waals surface area contributed by atoms with Crippen molar-refractivity contribution < 1.29 is 37.4 Å². The third-order valence-electron chi connectivity index (χ3n) is 6.06. The van der Waals surface area contributed by atoms with Crippen LogP contribution in [0, 0.1) is 5.92 Å². The largest absolute Gasteiger partial charge is 0.480 e. The van der Waals surface area contributed by atoms with Crippen LogP contribution in [0.3, 0.4) is 0 Å². The zero-order chi connectivity index (χ0) is 25.2. The fourth-order valence-electron chi connectivity index (χ4n) is 4.61. The molecule has 2 atom stereocenters. The van der Waals surface area contributed by atoms with Gasteiger partial charge in [-0.3, -0.25) is 9.59 Å². The molecule has 0 radical (unpaired) electrons. The highest BCUT2D eigenvalue weighted by Crippen LogP contribution is 2.44. The van der Waals surface area contributed by atoms with Crippen LogP contribution in [0.2, 0.25) is 0 Å². The lowest BCUT2D eigenvalue weighted by Crippen LogP contribution is -2.45. The molecule has 2 aromatic rings. The number of alkyl halides is 3. The number of ether oxygens (including phenoxy) is 1. The number of hydrogen-bond acceptors (Lipinski definition) is 4. The molecule has 2 unspecified atom stereocenters. The van der Waals surface area contributed by atoms with Gasteiger partial charge in [-0.05, 0) is 28.7 Å². The van der Waals surface area contributed by atoms with E-state index >= 15 is 0 Å². The predicted molar refractivity (Wildman–Crippen MR) is 120 cm³/mol. The van der Waals surface area contributed by atoms with Crippen LogP contribution in [0.1, 0.15) is 23.5 Å². The molecule has 2 aliphatic rings. The second kappa shape index (κ2) is 9.81. The summed E-state index contributed by atoms with van der Waals surface area (Å²) in [5.74, 6) is -3.61. The zero-order valence-electron chi connectivity index (χ0n) is 18.5. The molecule has 0 fully saturated rings. The Morgan fingerprint density at radius 3 is 2.17 bits per heavy atom. The number of carbonyl (C=O) groups excluding carboxylic acids is 2. The van der Waals surface area contributed by atoms with Crippen LogP contribution in [0.25, 0.3) is 11.1 Å². The number of rotatable bonds is 7. The topological polar surface area (TPSA) is 95.9 Å². The molecule has 2 N–H and O–H groups in total. The van der Waals surface area contributed by atoms with Gasteiger partial charge in [0, 0.05) is 5.92 Å². The van der Waals surface area contributed by atoms with Crippen LogP contribution in [-0.2, 0) is 14.3 Å². The second-order valence-corrected chi connectivity index (χ2v) is 8.51. The van der Waals surface area contributed by atoms with Gasteiger partial charge >= 0.3 is 18.2 Å². The molecule has 35 heavy (non-hydrogen) atoms. The third kappa shape index (κ3) is 5.64. The van der Waals surface area contributed by atoms with Gasteiger partial charge in [0.1, 0.15) is 19.7 Å². The lowest BCUT2D eigenvalue weighted by molar-refractivity contribution is -0.167. The molecule has 0 heterocycles. The maximum Gasteiger partial charge on any atom is 0.407 e. The first-order chi connectivity index (χ1) is 16.6. The van der Waals surface area contributed by atoms with Crippen molar-refractivity contribution in [3.63, 3.8) is 0 Å². The molecule has 0 aromatic heterocycles. The average molecular weight is 488 g/mol. The minimum atomic E-state index is -4.73. The Morgan fingerprint density at radius 1 is 1.00 bits per heavy atom. The minimum absolute atomic E-state index is 0.0109. The van der Waals surface area contributed by atoms with Gasteiger partial charge in [-0.1, -0.05) is 60.7 Å². The number of alkyl carbamates (subject to hydrolysis) is 1. The highest BCUT2D eigenvalue weighted by Gasteiger charge is 2.37. The second-order valence-electron chi connectivity index (χ2n) is 8.51. The molecule has 7 nitrogen and oxygen atoms in total. The van der Waals surface area contributed by atoms with Crippen LogP contribution >= 0.6 is 0 Å². The zero-order valence-corrected chi connectivity index (χ0v) is 18.5. The van der Waals surface area contributed by atoms with Crippen molar-refractivity contribution in [2.75, 3.05) is 19.7 Å². The van der Waals surface area contributed by atoms with Gasteiger partial charge in [0.25, 0.3) is 0 Å². The minimum Gasteiger partial charge on any atom is -0.480 e. The summed E-state index contributed by atoms with van der Waals surface area (Å²) < 4.78 is 43.8. The van der Waals surface area contributed by atoms with E-state index in [2.05, 4.69) is 5.32 Å². The molecule has 0 saturated heterocycles. The Hall–Kier alpha value is -3.82. The Morgan fingerprint density at radius 2 is 1.60 bits per heavy atom. The SMILES string of the molecule is O=C(O)CN(CC(F)(F)F)C(=O)C1C=CC(NC(=O)OCC2c3ccccc3-c3ccccc32)C1. The van der Waals surface area contributed by atoms with E-state index in [1.165, 1.54) is 12.2 Å². The maximum absolute atomic E-state index is 12.8.